The molecule has 4 aliphatic rings. The highest BCUT2D eigenvalue weighted by Crippen LogP contribution is 2.36. The monoisotopic (exact) mass is 1020 g/mol. The summed E-state index contributed by atoms with van der Waals surface area (Å²) in [6.07, 6.45) is 2.58. The first-order chi connectivity index (χ1) is 35.0. The summed E-state index contributed by atoms with van der Waals surface area (Å²) in [6.45, 7) is 9.14. The van der Waals surface area contributed by atoms with E-state index in [0.717, 1.165) is 5.57 Å². The Balaban J connectivity index is 1.26. The first-order valence-electron chi connectivity index (χ1n) is 25.0. The molecule has 4 aliphatic heterocycles. The zero-order chi connectivity index (χ0) is 52.8. The van der Waals surface area contributed by atoms with Crippen molar-refractivity contribution >= 4 is 29.4 Å². The van der Waals surface area contributed by atoms with Crippen LogP contribution in [0.2, 0.25) is 0 Å². The molecule has 0 amide bonds. The molecule has 0 spiro atoms. The van der Waals surface area contributed by atoms with Crippen LogP contribution in [0.4, 0.5) is 5.82 Å². The van der Waals surface area contributed by atoms with Gasteiger partial charge in [0.25, 0.3) is 0 Å². The summed E-state index contributed by atoms with van der Waals surface area (Å²) in [5.74, 6) is -1.95. The number of oxime groups is 1. The van der Waals surface area contributed by atoms with Gasteiger partial charge in [0.1, 0.15) is 42.6 Å². The van der Waals surface area contributed by atoms with E-state index in [1.54, 1.807) is 81.7 Å². The number of carbonyl (C=O) groups excluding carboxylic acids is 2. The molecule has 21 nitrogen and oxygen atoms in total. The van der Waals surface area contributed by atoms with Gasteiger partial charge in [-0.25, -0.2) is 15.0 Å². The highest BCUT2D eigenvalue weighted by molar-refractivity contribution is 5.91. The van der Waals surface area contributed by atoms with Gasteiger partial charge in [0, 0.05) is 51.0 Å². The molecule has 73 heavy (non-hydrogen) atoms. The lowest BCUT2D eigenvalue weighted by atomic mass is 9.79. The number of ketones is 1. The number of likely N-dealkylation sites (N-methyl/N-ethyl adjacent to an activating group) is 1. The van der Waals surface area contributed by atoms with E-state index in [0.29, 0.717) is 35.6 Å². The minimum absolute atomic E-state index is 0.0147. The van der Waals surface area contributed by atoms with Crippen molar-refractivity contribution in [3.8, 4) is 11.4 Å². The second kappa shape index (κ2) is 27.8. The Bertz CT molecular complexity index is 2200. The molecule has 2 bridgehead atoms. The van der Waals surface area contributed by atoms with E-state index in [1.165, 1.54) is 20.3 Å². The molecule has 6 rings (SSSR count). The number of nitrogen functional groups attached to an aromatic ring is 1. The number of cyclic esters (lactones) is 1. The van der Waals surface area contributed by atoms with E-state index >= 15 is 0 Å². The van der Waals surface area contributed by atoms with Crippen molar-refractivity contribution in [2.75, 3.05) is 73.7 Å². The summed E-state index contributed by atoms with van der Waals surface area (Å²) < 4.78 is 55.4. The van der Waals surface area contributed by atoms with Crippen LogP contribution in [0.25, 0.3) is 17.5 Å². The molecule has 0 aliphatic carbocycles. The average molecular weight is 1030 g/mol. The number of allylic oxidation sites excluding steroid dienone is 3. The molecule has 3 saturated heterocycles. The summed E-state index contributed by atoms with van der Waals surface area (Å²) in [7, 11) is 6.47. The number of methoxy groups -OCH3 is 2. The fourth-order valence-corrected chi connectivity index (χ4v) is 9.65. The minimum atomic E-state index is -1.27. The van der Waals surface area contributed by atoms with Crippen LogP contribution in [0.15, 0.2) is 65.6 Å². The Hall–Kier alpha value is -4.62. The van der Waals surface area contributed by atoms with E-state index in [2.05, 4.69) is 20.1 Å². The Morgan fingerprint density at radius 2 is 1.64 bits per heavy atom. The van der Waals surface area contributed by atoms with Gasteiger partial charge in [0.2, 0.25) is 0 Å². The van der Waals surface area contributed by atoms with Crippen molar-refractivity contribution in [2.24, 2.45) is 28.8 Å². The molecule has 2 aromatic heterocycles. The Labute approximate surface area is 428 Å². The van der Waals surface area contributed by atoms with Gasteiger partial charge in [-0.05, 0) is 90.1 Å². The van der Waals surface area contributed by atoms with Gasteiger partial charge >= 0.3 is 5.97 Å². The van der Waals surface area contributed by atoms with Gasteiger partial charge < -0.3 is 73.4 Å². The zero-order valence-corrected chi connectivity index (χ0v) is 43.4. The van der Waals surface area contributed by atoms with Crippen molar-refractivity contribution in [1.29, 1.82) is 0 Å². The quantitative estimate of drug-likeness (QED) is 0.128. The van der Waals surface area contributed by atoms with Gasteiger partial charge in [-0.1, -0.05) is 36.7 Å². The number of nitrogens with zero attached hydrogens (tertiary/aromatic N) is 5. The molecule has 5 N–H and O–H groups in total. The smallest absolute Gasteiger partial charge is 0.308 e. The Morgan fingerprint density at radius 3 is 2.36 bits per heavy atom. The van der Waals surface area contributed by atoms with E-state index in [-0.39, 0.29) is 63.6 Å². The number of fused-ring (bicyclic) bond motifs is 3. The third-order valence-corrected chi connectivity index (χ3v) is 13.8. The van der Waals surface area contributed by atoms with Crippen LogP contribution in [0, 0.1) is 23.7 Å². The maximum Gasteiger partial charge on any atom is 0.308 e. The molecule has 6 heterocycles. The topological polar surface area (TPSA) is 267 Å². The van der Waals surface area contributed by atoms with E-state index in [9.17, 15) is 24.9 Å². The van der Waals surface area contributed by atoms with Crippen molar-refractivity contribution < 1.29 is 72.4 Å². The summed E-state index contributed by atoms with van der Waals surface area (Å²) in [6, 6.07) is 4.59. The first-order valence-corrected chi connectivity index (χ1v) is 25.0. The molecule has 16 atom stereocenters. The number of carbonyl (C=O) groups is 2. The van der Waals surface area contributed by atoms with Crippen LogP contribution in [-0.4, -0.2) is 194 Å². The molecular weight excluding hydrogens is 949 g/mol. The maximum absolute atomic E-state index is 14.2. The number of hydrogen-bond donors (Lipinski definition) is 4. The first kappa shape index (κ1) is 57.7. The highest BCUT2D eigenvalue weighted by Gasteiger charge is 2.48. The lowest BCUT2D eigenvalue weighted by Gasteiger charge is -2.47. The van der Waals surface area contributed by atoms with Gasteiger partial charge in [-0.2, -0.15) is 0 Å². The van der Waals surface area contributed by atoms with Crippen LogP contribution in [0.3, 0.4) is 0 Å². The second-order valence-electron chi connectivity index (χ2n) is 19.5. The van der Waals surface area contributed by atoms with Gasteiger partial charge in [-0.3, -0.25) is 9.59 Å². The third kappa shape index (κ3) is 15.7. The number of pyridine rings is 1. The minimum Gasteiger partial charge on any atom is -0.465 e. The average Bonchev–Trinajstić information content (AvgIpc) is 3.38. The second-order valence-corrected chi connectivity index (χ2v) is 19.5. The van der Waals surface area contributed by atoms with Crippen molar-refractivity contribution in [1.82, 2.24) is 19.9 Å². The number of aliphatic hydroxyl groups excluding tert-OH is 3. The molecule has 3 fully saturated rings. The number of aliphatic hydroxyl groups is 3. The number of anilines is 1. The summed E-state index contributed by atoms with van der Waals surface area (Å²) in [5, 5.41) is 37.9. The normalized spacial score (nSPS) is 36.3. The zero-order valence-electron chi connectivity index (χ0n) is 43.4. The van der Waals surface area contributed by atoms with Gasteiger partial charge in [-0.15, -0.1) is 0 Å². The molecular formula is C52H76N6O15. The standard InChI is InChI=1S/C52H76N6O15/c1-29-13-16-39(59)30(2)23-35-17-21-66-27-37(57-70-20-10-12-36-14-15-38(49(53)56-36)50-54-18-11-19-55-50)28-67-40(31(3)46(35)73-51-45(63)42(58(6)7)43(61)32(4)71-51)24-41(60)68-25-34(22-29)26-69-52-48(65-9)47(64-8)44(62)33(5)72-52/h10-16,18-19,22,30-35,40,42-48,51-52,61-63H,17,20-21,23-28H2,1-9H3,(H2,53,56)/b12-10+,16-13+,29-22+,57-37+/t30-,31+,32-,33-,34+,35?,40-,42+,43-,44-,45-,46-,47-,48-,51+,52-/m1/s1. The highest BCUT2D eigenvalue weighted by atomic mass is 16.7. The fourth-order valence-electron chi connectivity index (χ4n) is 9.65. The van der Waals surface area contributed by atoms with Crippen LogP contribution in [0.5, 0.6) is 0 Å². The van der Waals surface area contributed by atoms with Crippen molar-refractivity contribution in [3.05, 3.63) is 66.2 Å². The summed E-state index contributed by atoms with van der Waals surface area (Å²) >= 11 is 0. The Morgan fingerprint density at radius 1 is 0.918 bits per heavy atom. The van der Waals surface area contributed by atoms with Crippen LogP contribution in [-0.2, 0) is 57.1 Å². The summed E-state index contributed by atoms with van der Waals surface area (Å²) in [5.41, 5.74) is 8.56. The van der Waals surface area contributed by atoms with Gasteiger partial charge in [0.05, 0.1) is 80.7 Å². The lowest BCUT2D eigenvalue weighted by molar-refractivity contribution is -0.305. The predicted octanol–water partition coefficient (Wildman–Crippen LogP) is 3.16. The SMILES string of the molecule is CO[C@@H]1[C@H](O)[C@@H](C)O[C@@H](OC[C@H]2/C=C(C)/C=C/C(=O)[C@H](C)CC3CCOC/C(=N\OC/C=C/c4ccc(-c5ncccn5)c(N)n4)CO[C@H](CC(=O)OC2)[C@H](C)[C@H]3O[C@@H]2O[C@H](C)[C@@H](O)[C@H](N(C)C)[C@H]2O)[C@@H]1OC. The van der Waals surface area contributed by atoms with Crippen LogP contribution < -0.4 is 5.73 Å². The molecule has 0 aromatic carbocycles. The fraction of sp³-hybridized carbons (Fsp3) is 0.654. The number of esters is 1. The van der Waals surface area contributed by atoms with Crippen molar-refractivity contribution in [3.63, 3.8) is 0 Å². The molecule has 0 radical (unpaired) electrons. The lowest BCUT2D eigenvalue weighted by Crippen LogP contribution is -2.63. The number of nitrogens with two attached hydrogens (primary N) is 1. The van der Waals surface area contributed by atoms with Gasteiger partial charge in [0.15, 0.2) is 24.2 Å². The predicted molar refractivity (Wildman–Crippen MR) is 267 cm³/mol. The molecule has 1 unspecified atom stereocenters. The summed E-state index contributed by atoms with van der Waals surface area (Å²) in [4.78, 5) is 48.5. The van der Waals surface area contributed by atoms with Crippen molar-refractivity contribution in [2.45, 2.75) is 127 Å². The van der Waals surface area contributed by atoms with E-state index in [1.807, 2.05) is 26.8 Å². The van der Waals surface area contributed by atoms with Crippen LogP contribution >= 0.6 is 0 Å². The van der Waals surface area contributed by atoms with E-state index < -0.39 is 97.3 Å². The van der Waals surface area contributed by atoms with Crippen LogP contribution in [0.1, 0.15) is 59.6 Å². The maximum atomic E-state index is 14.2. The molecule has 0 saturated carbocycles. The number of aromatic nitrogens is 3. The molecule has 2 aromatic rings. The Kier molecular flexibility index (Phi) is 21.9. The molecule has 404 valence electrons. The largest absolute Gasteiger partial charge is 0.465 e. The number of rotatable bonds is 13. The number of ether oxygens (including phenoxy) is 9. The third-order valence-electron chi connectivity index (χ3n) is 13.8. The van der Waals surface area contributed by atoms with E-state index in [4.69, 9.17) is 53.2 Å². The number of hydrogen-bond acceptors (Lipinski definition) is 21. The molecule has 21 heteroatoms.